The number of rotatable bonds is 8. The highest BCUT2D eigenvalue weighted by Gasteiger charge is 2.32. The Morgan fingerprint density at radius 3 is 2.56 bits per heavy atom. The number of nitrogens with one attached hydrogen (secondary N) is 2. The van der Waals surface area contributed by atoms with Crippen LogP contribution < -0.4 is 15.4 Å². The lowest BCUT2D eigenvalue weighted by Crippen LogP contribution is -2.28. The third-order valence-electron chi connectivity index (χ3n) is 4.75. The van der Waals surface area contributed by atoms with Gasteiger partial charge in [-0.05, 0) is 41.5 Å². The van der Waals surface area contributed by atoms with Crippen molar-refractivity contribution in [3.05, 3.63) is 95.0 Å². The molecule has 172 valence electrons. The molecule has 3 aromatic rings. The largest absolute Gasteiger partial charge is 0.487 e. The Bertz CT molecular complexity index is 1220. The molecule has 1 fully saturated rings. The first kappa shape index (κ1) is 23.5. The first-order valence-electron chi connectivity index (χ1n) is 10.5. The summed E-state index contributed by atoms with van der Waals surface area (Å²) in [6.45, 7) is 0.420. The van der Waals surface area contributed by atoms with E-state index >= 15 is 0 Å². The van der Waals surface area contributed by atoms with E-state index in [1.807, 2.05) is 54.6 Å². The van der Waals surface area contributed by atoms with Crippen LogP contribution in [0.15, 0.2) is 89.1 Å². The maximum Gasteiger partial charge on any atom is 0.240 e. The van der Waals surface area contributed by atoms with E-state index < -0.39 is 5.25 Å². The summed E-state index contributed by atoms with van der Waals surface area (Å²) in [5.74, 6) is 0.0576. The predicted octanol–water partition coefficient (Wildman–Crippen LogP) is 4.87. The number of thioether (sulfide) groups is 1. The van der Waals surface area contributed by atoms with Crippen LogP contribution in [0.1, 0.15) is 17.5 Å². The number of hydrogen-bond donors (Lipinski definition) is 2. The van der Waals surface area contributed by atoms with Crippen LogP contribution in [0.4, 0.5) is 5.69 Å². The number of amidine groups is 1. The Morgan fingerprint density at radius 2 is 1.82 bits per heavy atom. The van der Waals surface area contributed by atoms with E-state index in [2.05, 4.69) is 20.8 Å². The van der Waals surface area contributed by atoms with Gasteiger partial charge in [-0.1, -0.05) is 71.9 Å². The second-order valence-corrected chi connectivity index (χ2v) is 8.93. The van der Waals surface area contributed by atoms with Crippen molar-refractivity contribution in [2.75, 3.05) is 5.32 Å². The summed E-state index contributed by atoms with van der Waals surface area (Å²) in [4.78, 5) is 24.4. The topological polar surface area (TPSA) is 92.2 Å². The van der Waals surface area contributed by atoms with Crippen molar-refractivity contribution >= 4 is 52.2 Å². The second-order valence-electron chi connectivity index (χ2n) is 7.33. The number of benzene rings is 3. The molecule has 0 radical (unpaired) electrons. The van der Waals surface area contributed by atoms with Crippen LogP contribution in [0, 0.1) is 0 Å². The van der Waals surface area contributed by atoms with Crippen molar-refractivity contribution in [1.82, 2.24) is 5.32 Å². The van der Waals surface area contributed by atoms with Crippen LogP contribution in [0.3, 0.4) is 0 Å². The molecular weight excluding hydrogens is 472 g/mol. The molecule has 0 aliphatic carbocycles. The normalized spacial score (nSPS) is 16.6. The van der Waals surface area contributed by atoms with Crippen molar-refractivity contribution in [3.63, 3.8) is 0 Å². The molecule has 4 rings (SSSR count). The van der Waals surface area contributed by atoms with Gasteiger partial charge in [-0.15, -0.1) is 5.10 Å². The minimum absolute atomic E-state index is 0.0359. The molecule has 7 nitrogen and oxygen atoms in total. The van der Waals surface area contributed by atoms with Gasteiger partial charge in [0.25, 0.3) is 0 Å². The zero-order chi connectivity index (χ0) is 23.8. The van der Waals surface area contributed by atoms with Crippen LogP contribution >= 0.6 is 23.4 Å². The van der Waals surface area contributed by atoms with Gasteiger partial charge in [-0.2, -0.15) is 5.10 Å². The van der Waals surface area contributed by atoms with E-state index in [0.717, 1.165) is 11.1 Å². The third kappa shape index (κ3) is 6.69. The van der Waals surface area contributed by atoms with Gasteiger partial charge in [-0.25, -0.2) is 0 Å². The maximum absolute atomic E-state index is 12.2. The van der Waals surface area contributed by atoms with E-state index in [-0.39, 0.29) is 18.2 Å². The van der Waals surface area contributed by atoms with Crippen molar-refractivity contribution < 1.29 is 14.3 Å². The van der Waals surface area contributed by atoms with E-state index in [4.69, 9.17) is 16.3 Å². The Morgan fingerprint density at radius 1 is 1.09 bits per heavy atom. The average Bonchev–Trinajstić information content (AvgIpc) is 3.18. The Hall–Kier alpha value is -3.62. The van der Waals surface area contributed by atoms with Gasteiger partial charge < -0.3 is 15.4 Å². The van der Waals surface area contributed by atoms with Crippen LogP contribution in [0.25, 0.3) is 0 Å². The van der Waals surface area contributed by atoms with Gasteiger partial charge in [0.05, 0.1) is 11.2 Å². The Balaban J connectivity index is 1.29. The van der Waals surface area contributed by atoms with Gasteiger partial charge in [0, 0.05) is 12.1 Å². The number of nitrogens with zero attached hydrogens (tertiary/aromatic N) is 2. The molecule has 1 heterocycles. The van der Waals surface area contributed by atoms with Crippen LogP contribution in [0.5, 0.6) is 5.75 Å². The van der Waals surface area contributed by atoms with Gasteiger partial charge >= 0.3 is 0 Å². The van der Waals surface area contributed by atoms with E-state index in [1.165, 1.54) is 18.0 Å². The number of carbonyl (C=O) groups is 2. The van der Waals surface area contributed by atoms with Gasteiger partial charge in [0.2, 0.25) is 11.8 Å². The Kier molecular flexibility index (Phi) is 7.95. The highest BCUT2D eigenvalue weighted by Crippen LogP contribution is 2.26. The van der Waals surface area contributed by atoms with Gasteiger partial charge in [-0.3, -0.25) is 9.59 Å². The molecule has 2 amide bonds. The van der Waals surface area contributed by atoms with Gasteiger partial charge in [0.15, 0.2) is 5.17 Å². The summed E-state index contributed by atoms with van der Waals surface area (Å²) in [6.07, 6.45) is 1.57. The summed E-state index contributed by atoms with van der Waals surface area (Å²) in [5, 5.41) is 13.7. The molecule has 2 N–H and O–H groups in total. The third-order valence-corrected chi connectivity index (χ3v) is 6.12. The molecule has 0 aromatic heterocycles. The molecule has 1 aliphatic heterocycles. The van der Waals surface area contributed by atoms with Crippen LogP contribution in [-0.2, 0) is 16.2 Å². The Labute approximate surface area is 206 Å². The first-order valence-corrected chi connectivity index (χ1v) is 11.7. The molecule has 1 saturated heterocycles. The van der Waals surface area contributed by atoms with Crippen molar-refractivity contribution in [2.24, 2.45) is 10.2 Å². The molecule has 9 heteroatoms. The fourth-order valence-electron chi connectivity index (χ4n) is 3.09. The fraction of sp³-hybridized carbons (Fsp3) is 0.120. The first-order chi connectivity index (χ1) is 16.6. The lowest BCUT2D eigenvalue weighted by Gasteiger charge is -2.08. The SMILES string of the molecule is O=C(CC1S/C(=N/N=C/c2ccc(OCc3ccccc3)c(Cl)c2)NC1=O)Nc1ccccc1. The lowest BCUT2D eigenvalue weighted by atomic mass is 10.2. The van der Waals surface area contributed by atoms with Crippen molar-refractivity contribution in [3.8, 4) is 5.75 Å². The molecule has 0 bridgehead atoms. The molecule has 0 spiro atoms. The summed E-state index contributed by atoms with van der Waals surface area (Å²) in [7, 11) is 0. The summed E-state index contributed by atoms with van der Waals surface area (Å²) < 4.78 is 5.77. The average molecular weight is 493 g/mol. The zero-order valence-electron chi connectivity index (χ0n) is 18.0. The minimum Gasteiger partial charge on any atom is -0.487 e. The van der Waals surface area contributed by atoms with Crippen molar-refractivity contribution in [2.45, 2.75) is 18.3 Å². The predicted molar refractivity (Wildman–Crippen MR) is 136 cm³/mol. The molecular formula is C25H21ClN4O3S. The number of amides is 2. The van der Waals surface area contributed by atoms with Crippen LogP contribution in [0.2, 0.25) is 5.02 Å². The molecule has 3 aromatic carbocycles. The monoisotopic (exact) mass is 492 g/mol. The van der Waals surface area contributed by atoms with E-state index in [1.54, 1.807) is 24.3 Å². The summed E-state index contributed by atoms with van der Waals surface area (Å²) in [6, 6.07) is 24.2. The summed E-state index contributed by atoms with van der Waals surface area (Å²) in [5.41, 5.74) is 2.46. The smallest absolute Gasteiger partial charge is 0.240 e. The second kappa shape index (κ2) is 11.5. The summed E-state index contributed by atoms with van der Waals surface area (Å²) >= 11 is 7.50. The number of halogens is 1. The molecule has 0 saturated carbocycles. The minimum atomic E-state index is -0.562. The lowest BCUT2D eigenvalue weighted by molar-refractivity contribution is -0.122. The van der Waals surface area contributed by atoms with E-state index in [9.17, 15) is 9.59 Å². The zero-order valence-corrected chi connectivity index (χ0v) is 19.6. The highest BCUT2D eigenvalue weighted by molar-refractivity contribution is 8.15. The fourth-order valence-corrected chi connectivity index (χ4v) is 4.25. The molecule has 1 aliphatic rings. The number of anilines is 1. The maximum atomic E-state index is 12.2. The standard InChI is InChI=1S/C25H21ClN4O3S/c26-20-13-18(11-12-21(20)33-16-17-7-3-1-4-8-17)15-27-30-25-29-24(32)22(34-25)14-23(31)28-19-9-5-2-6-10-19/h1-13,15,22H,14,16H2,(H,28,31)(H,29,30,32)/b27-15+. The van der Waals surface area contributed by atoms with Gasteiger partial charge in [0.1, 0.15) is 17.6 Å². The number of hydrogen-bond acceptors (Lipinski definition) is 6. The number of ether oxygens (including phenoxy) is 1. The molecule has 1 unspecified atom stereocenters. The number of para-hydroxylation sites is 1. The quantitative estimate of drug-likeness (QED) is 0.346. The van der Waals surface area contributed by atoms with Crippen LogP contribution in [-0.4, -0.2) is 28.4 Å². The number of carbonyl (C=O) groups excluding carboxylic acids is 2. The highest BCUT2D eigenvalue weighted by atomic mass is 35.5. The molecule has 34 heavy (non-hydrogen) atoms. The molecule has 1 atom stereocenters. The van der Waals surface area contributed by atoms with Crippen molar-refractivity contribution in [1.29, 1.82) is 0 Å². The van der Waals surface area contributed by atoms with E-state index in [0.29, 0.717) is 28.2 Å².